The number of benzene rings is 1. The topological polar surface area (TPSA) is 129 Å². The van der Waals surface area contributed by atoms with E-state index in [-0.39, 0.29) is 24.2 Å². The molecule has 3 N–H and O–H groups in total. The van der Waals surface area contributed by atoms with Crippen LogP contribution in [0.3, 0.4) is 0 Å². The molecule has 232 valence electrons. The van der Waals surface area contributed by atoms with Gasteiger partial charge in [-0.3, -0.25) is 14.3 Å². The maximum atomic E-state index is 14.1. The average Bonchev–Trinajstić information content (AvgIpc) is 3.44. The smallest absolute Gasteiger partial charge is 0.296 e. The van der Waals surface area contributed by atoms with Gasteiger partial charge in [0.25, 0.3) is 6.43 Å². The number of aromatic nitrogens is 4. The van der Waals surface area contributed by atoms with Crippen molar-refractivity contribution in [2.24, 2.45) is 5.92 Å². The van der Waals surface area contributed by atoms with E-state index in [1.54, 1.807) is 30.3 Å². The number of anilines is 2. The fourth-order valence-corrected chi connectivity index (χ4v) is 5.90. The molecule has 3 heterocycles. The highest BCUT2D eigenvalue weighted by Gasteiger charge is 2.28. The number of alkyl halides is 2. The Kier molecular flexibility index (Phi) is 10.2. The maximum Gasteiger partial charge on any atom is 0.296 e. The van der Waals surface area contributed by atoms with Gasteiger partial charge in [-0.15, -0.1) is 0 Å². The van der Waals surface area contributed by atoms with Crippen molar-refractivity contribution in [2.75, 3.05) is 62.8 Å². The second-order valence-corrected chi connectivity index (χ2v) is 11.2. The average molecular weight is 600 g/mol. The summed E-state index contributed by atoms with van der Waals surface area (Å²) in [6.07, 6.45) is 1.81. The lowest BCUT2D eigenvalue weighted by Crippen LogP contribution is -2.43. The van der Waals surface area contributed by atoms with E-state index in [0.717, 1.165) is 37.5 Å². The van der Waals surface area contributed by atoms with Gasteiger partial charge in [0.2, 0.25) is 5.95 Å². The van der Waals surface area contributed by atoms with E-state index >= 15 is 0 Å². The van der Waals surface area contributed by atoms with Crippen LogP contribution in [0.4, 0.5) is 20.5 Å². The number of Topliss-reactive ketones (excluding diaryl/α,β-unsaturated/α-hetero) is 1. The number of morpholine rings is 1. The quantitative estimate of drug-likeness (QED) is 0.264. The van der Waals surface area contributed by atoms with E-state index in [9.17, 15) is 23.8 Å². The summed E-state index contributed by atoms with van der Waals surface area (Å²) in [5.41, 5.74) is 1.77. The number of halogens is 2. The summed E-state index contributed by atoms with van der Waals surface area (Å²) in [4.78, 5) is 29.7. The number of hydrogen-bond donors (Lipinski definition) is 3. The molecule has 13 heteroatoms. The van der Waals surface area contributed by atoms with Gasteiger partial charge in [-0.05, 0) is 56.2 Å². The molecule has 2 aromatic heterocycles. The molecule has 1 aliphatic heterocycles. The summed E-state index contributed by atoms with van der Waals surface area (Å²) in [5, 5.41) is 22.0. The lowest BCUT2D eigenvalue weighted by Gasteiger charge is -2.36. The Bertz CT molecular complexity index is 1420. The zero-order chi connectivity index (χ0) is 30.3. The van der Waals surface area contributed by atoms with Crippen LogP contribution in [0.2, 0.25) is 0 Å². The van der Waals surface area contributed by atoms with E-state index in [1.807, 2.05) is 11.8 Å². The molecule has 2 fully saturated rings. The number of para-hydroxylation sites is 2. The third-order valence-electron chi connectivity index (χ3n) is 8.16. The third-order valence-corrected chi connectivity index (χ3v) is 8.16. The minimum atomic E-state index is -2.79. The molecular formula is C30H39F2N7O4. The van der Waals surface area contributed by atoms with Gasteiger partial charge in [-0.1, -0.05) is 12.1 Å². The van der Waals surface area contributed by atoms with Crippen molar-refractivity contribution in [3.63, 3.8) is 0 Å². The predicted octanol–water partition coefficient (Wildman–Crippen LogP) is 3.89. The van der Waals surface area contributed by atoms with Gasteiger partial charge in [-0.25, -0.2) is 13.8 Å². The minimum absolute atomic E-state index is 0.143. The predicted molar refractivity (Wildman–Crippen MR) is 159 cm³/mol. The number of ketones is 1. The normalized spacial score (nSPS) is 19.9. The first-order chi connectivity index (χ1) is 20.9. The molecule has 1 saturated heterocycles. The number of imidazole rings is 1. The second kappa shape index (κ2) is 14.2. The summed E-state index contributed by atoms with van der Waals surface area (Å²) in [5.74, 6) is 1.03. The summed E-state index contributed by atoms with van der Waals surface area (Å²) >= 11 is 0. The van der Waals surface area contributed by atoms with E-state index in [4.69, 9.17) is 9.72 Å². The van der Waals surface area contributed by atoms with Crippen molar-refractivity contribution in [3.8, 4) is 5.82 Å². The number of aliphatic hydroxyl groups is 2. The number of ether oxygens (including phenoxy) is 1. The zero-order valence-corrected chi connectivity index (χ0v) is 24.3. The molecule has 0 bridgehead atoms. The first-order valence-corrected chi connectivity index (χ1v) is 14.7. The monoisotopic (exact) mass is 599 g/mol. The molecule has 0 spiro atoms. The fourth-order valence-electron chi connectivity index (χ4n) is 5.90. The number of rotatable bonds is 12. The van der Waals surface area contributed by atoms with Gasteiger partial charge in [0, 0.05) is 38.3 Å². The highest BCUT2D eigenvalue weighted by atomic mass is 19.3. The van der Waals surface area contributed by atoms with Crippen LogP contribution in [0.5, 0.6) is 0 Å². The lowest BCUT2D eigenvalue weighted by molar-refractivity contribution is -0.123. The Hall–Kier alpha value is -3.68. The van der Waals surface area contributed by atoms with Crippen molar-refractivity contribution < 1.29 is 28.5 Å². The number of hydrogen-bond acceptors (Lipinski definition) is 10. The van der Waals surface area contributed by atoms with Crippen LogP contribution in [-0.2, 0) is 9.53 Å². The summed E-state index contributed by atoms with van der Waals surface area (Å²) < 4.78 is 35.2. The van der Waals surface area contributed by atoms with Crippen molar-refractivity contribution in [1.82, 2.24) is 24.4 Å². The van der Waals surface area contributed by atoms with Crippen LogP contribution in [0.25, 0.3) is 16.9 Å². The molecule has 1 saturated carbocycles. The molecule has 1 aromatic carbocycles. The standard InChI is InChI=1S/C30H39F2N7O4/c1-20(18-40)16-38(17-23(42)19-41)22-8-6-21(7-9-22)15-33-30-35-26(37-10-12-43-13-11-37)14-27(36-30)39-25-5-3-2-4-24(25)34-29(39)28(31)32/h2-5,14,18,21-22,28,40-41H,6-13,15-17,19H2,1H3,(H,33,35,36)/b20-18+. The van der Waals surface area contributed by atoms with Crippen molar-refractivity contribution in [3.05, 3.63) is 48.0 Å². The van der Waals surface area contributed by atoms with Crippen molar-refractivity contribution in [1.29, 1.82) is 0 Å². The van der Waals surface area contributed by atoms with E-state index in [2.05, 4.69) is 20.2 Å². The number of carbonyl (C=O) groups excluding carboxylic acids is 1. The molecule has 0 radical (unpaired) electrons. The molecular weight excluding hydrogens is 560 g/mol. The van der Waals surface area contributed by atoms with E-state index in [0.29, 0.717) is 73.9 Å². The molecule has 3 aromatic rings. The van der Waals surface area contributed by atoms with Crippen molar-refractivity contribution >= 4 is 28.6 Å². The van der Waals surface area contributed by atoms with Crippen LogP contribution in [0.1, 0.15) is 44.9 Å². The van der Waals surface area contributed by atoms with Crippen LogP contribution in [-0.4, -0.2) is 99.0 Å². The Morgan fingerprint density at radius 3 is 2.53 bits per heavy atom. The van der Waals surface area contributed by atoms with Gasteiger partial charge >= 0.3 is 0 Å². The SMILES string of the molecule is C/C(=C\O)CN(CC(=O)CO)C1CCC(CNc2nc(N3CCOCC3)cc(-n3c(C(F)F)nc4ccccc43)n2)CC1. The van der Waals surface area contributed by atoms with Crippen LogP contribution >= 0.6 is 0 Å². The molecule has 0 amide bonds. The summed E-state index contributed by atoms with van der Waals surface area (Å²) in [6.45, 7) is 4.88. The van der Waals surface area contributed by atoms with Gasteiger partial charge in [-0.2, -0.15) is 9.97 Å². The highest BCUT2D eigenvalue weighted by molar-refractivity contribution is 5.81. The lowest BCUT2D eigenvalue weighted by atomic mass is 9.85. The number of aliphatic hydroxyl groups excluding tert-OH is 2. The molecule has 1 aliphatic carbocycles. The maximum absolute atomic E-state index is 14.1. The van der Waals surface area contributed by atoms with E-state index in [1.165, 1.54) is 4.57 Å². The summed E-state index contributed by atoms with van der Waals surface area (Å²) in [6, 6.07) is 8.91. The zero-order valence-electron chi connectivity index (χ0n) is 24.3. The van der Waals surface area contributed by atoms with Gasteiger partial charge in [0.05, 0.1) is 37.1 Å². The fraction of sp³-hybridized carbons (Fsp3) is 0.533. The first-order valence-electron chi connectivity index (χ1n) is 14.7. The number of fused-ring (bicyclic) bond motifs is 1. The summed E-state index contributed by atoms with van der Waals surface area (Å²) in [7, 11) is 0. The minimum Gasteiger partial charge on any atom is -0.516 e. The third kappa shape index (κ3) is 7.46. The Morgan fingerprint density at radius 2 is 1.84 bits per heavy atom. The number of carbonyl (C=O) groups is 1. The van der Waals surface area contributed by atoms with Crippen LogP contribution in [0.15, 0.2) is 42.2 Å². The molecule has 2 aliphatic rings. The number of nitrogens with one attached hydrogen (secondary N) is 1. The highest BCUT2D eigenvalue weighted by Crippen LogP contribution is 2.31. The van der Waals surface area contributed by atoms with Crippen molar-refractivity contribution in [2.45, 2.75) is 45.1 Å². The molecule has 0 unspecified atom stereocenters. The Morgan fingerprint density at radius 1 is 1.12 bits per heavy atom. The number of nitrogens with zero attached hydrogens (tertiary/aromatic N) is 6. The van der Waals surface area contributed by atoms with Gasteiger partial charge in [0.15, 0.2) is 11.6 Å². The van der Waals surface area contributed by atoms with Crippen LogP contribution in [0, 0.1) is 5.92 Å². The van der Waals surface area contributed by atoms with Gasteiger partial charge < -0.3 is 25.2 Å². The molecule has 0 atom stereocenters. The first kappa shape index (κ1) is 30.8. The van der Waals surface area contributed by atoms with E-state index < -0.39 is 13.0 Å². The molecule has 5 rings (SSSR count). The molecule has 11 nitrogen and oxygen atoms in total. The molecule has 43 heavy (non-hydrogen) atoms. The largest absolute Gasteiger partial charge is 0.516 e. The second-order valence-electron chi connectivity index (χ2n) is 11.2. The van der Waals surface area contributed by atoms with Crippen LogP contribution < -0.4 is 10.2 Å². The Balaban J connectivity index is 1.34. The van der Waals surface area contributed by atoms with Gasteiger partial charge in [0.1, 0.15) is 18.2 Å². The Labute approximate surface area is 249 Å².